The van der Waals surface area contributed by atoms with Crippen molar-refractivity contribution in [2.45, 2.75) is 43.4 Å². The molecule has 0 spiro atoms. The molecular formula is C18H21Cl2NO2. The monoisotopic (exact) mass is 353 g/mol. The van der Waals surface area contributed by atoms with E-state index in [1.807, 2.05) is 6.07 Å². The third-order valence-electron chi connectivity index (χ3n) is 5.88. The van der Waals surface area contributed by atoms with Crippen molar-refractivity contribution in [2.24, 2.45) is 17.3 Å². The Morgan fingerprint density at radius 2 is 1.96 bits per heavy atom. The van der Waals surface area contributed by atoms with Gasteiger partial charge in [0.1, 0.15) is 5.75 Å². The van der Waals surface area contributed by atoms with Gasteiger partial charge in [0, 0.05) is 10.6 Å². The predicted octanol–water partition coefficient (Wildman–Crippen LogP) is 4.86. The van der Waals surface area contributed by atoms with Crippen LogP contribution in [-0.2, 0) is 4.79 Å². The van der Waals surface area contributed by atoms with Gasteiger partial charge in [-0.05, 0) is 68.6 Å². The van der Waals surface area contributed by atoms with Crippen LogP contribution in [0.5, 0.6) is 5.75 Å². The number of anilines is 1. The number of benzene rings is 1. The van der Waals surface area contributed by atoms with Crippen LogP contribution in [0.2, 0.25) is 5.02 Å². The maximum absolute atomic E-state index is 13.0. The number of amides is 1. The Labute approximate surface area is 146 Å². The number of halogens is 2. The third kappa shape index (κ3) is 2.62. The molecule has 5 rings (SSSR count). The Balaban J connectivity index is 1.56. The van der Waals surface area contributed by atoms with Crippen LogP contribution in [-0.4, -0.2) is 17.9 Å². The van der Waals surface area contributed by atoms with Gasteiger partial charge in [0.2, 0.25) is 5.91 Å². The molecule has 1 aromatic carbocycles. The van der Waals surface area contributed by atoms with Gasteiger partial charge in [0.05, 0.1) is 17.5 Å². The minimum absolute atomic E-state index is 0.109. The highest BCUT2D eigenvalue weighted by molar-refractivity contribution is 6.32. The Morgan fingerprint density at radius 1 is 1.26 bits per heavy atom. The van der Waals surface area contributed by atoms with Crippen molar-refractivity contribution in [3.8, 4) is 5.75 Å². The fourth-order valence-corrected chi connectivity index (χ4v) is 6.37. The Bertz CT molecular complexity index is 646. The van der Waals surface area contributed by atoms with E-state index >= 15 is 0 Å². The van der Waals surface area contributed by atoms with Gasteiger partial charge in [-0.25, -0.2) is 0 Å². The van der Waals surface area contributed by atoms with E-state index in [0.29, 0.717) is 22.6 Å². The molecule has 2 atom stereocenters. The van der Waals surface area contributed by atoms with Crippen LogP contribution in [0.1, 0.15) is 38.5 Å². The summed E-state index contributed by atoms with van der Waals surface area (Å²) in [4.78, 5) is 12.9. The lowest BCUT2D eigenvalue weighted by molar-refractivity contribution is -0.138. The van der Waals surface area contributed by atoms with Gasteiger partial charge in [-0.2, -0.15) is 0 Å². The summed E-state index contributed by atoms with van der Waals surface area (Å²) in [6, 6.07) is 5.36. The number of methoxy groups -OCH3 is 1. The van der Waals surface area contributed by atoms with E-state index in [0.717, 1.165) is 37.8 Å². The van der Waals surface area contributed by atoms with Gasteiger partial charge in [-0.1, -0.05) is 11.6 Å². The Morgan fingerprint density at radius 3 is 2.52 bits per heavy atom. The van der Waals surface area contributed by atoms with Gasteiger partial charge < -0.3 is 10.1 Å². The summed E-state index contributed by atoms with van der Waals surface area (Å²) in [5.41, 5.74) is 0.429. The predicted molar refractivity (Wildman–Crippen MR) is 92.3 cm³/mol. The van der Waals surface area contributed by atoms with Crippen molar-refractivity contribution in [3.63, 3.8) is 0 Å². The second kappa shape index (κ2) is 5.29. The minimum Gasteiger partial charge on any atom is -0.495 e. The van der Waals surface area contributed by atoms with Crippen molar-refractivity contribution in [2.75, 3.05) is 12.4 Å². The molecule has 5 heteroatoms. The molecule has 4 bridgehead atoms. The molecule has 3 nitrogen and oxygen atoms in total. The lowest BCUT2D eigenvalue weighted by Crippen LogP contribution is -2.57. The molecule has 1 N–H and O–H groups in total. The van der Waals surface area contributed by atoms with E-state index in [1.165, 1.54) is 6.42 Å². The summed E-state index contributed by atoms with van der Waals surface area (Å²) in [5.74, 6) is 1.94. The average molecular weight is 354 g/mol. The van der Waals surface area contributed by atoms with Crippen molar-refractivity contribution >= 4 is 34.8 Å². The van der Waals surface area contributed by atoms with E-state index in [1.54, 1.807) is 19.2 Å². The Kier molecular flexibility index (Phi) is 3.58. The third-order valence-corrected chi connectivity index (χ3v) is 6.62. The first kappa shape index (κ1) is 15.6. The quantitative estimate of drug-likeness (QED) is 0.787. The zero-order valence-electron chi connectivity index (χ0n) is 13.2. The molecule has 0 saturated heterocycles. The summed E-state index contributed by atoms with van der Waals surface area (Å²) in [6.45, 7) is 0. The Hall–Kier alpha value is -0.930. The molecule has 23 heavy (non-hydrogen) atoms. The zero-order chi connectivity index (χ0) is 16.2. The molecule has 0 aromatic heterocycles. The van der Waals surface area contributed by atoms with Gasteiger partial charge >= 0.3 is 0 Å². The number of ether oxygens (including phenoxy) is 1. The van der Waals surface area contributed by atoms with Crippen LogP contribution in [0, 0.1) is 17.3 Å². The summed E-state index contributed by atoms with van der Waals surface area (Å²) < 4.78 is 5.16. The van der Waals surface area contributed by atoms with E-state index in [2.05, 4.69) is 5.32 Å². The number of hydrogen-bond donors (Lipinski definition) is 1. The largest absolute Gasteiger partial charge is 0.495 e. The average Bonchev–Trinajstić information content (AvgIpc) is 2.44. The maximum atomic E-state index is 13.0. The highest BCUT2D eigenvalue weighted by atomic mass is 35.5. The first-order valence-electron chi connectivity index (χ1n) is 8.25. The lowest BCUT2D eigenvalue weighted by atomic mass is 9.49. The van der Waals surface area contributed by atoms with Crippen LogP contribution >= 0.6 is 23.2 Å². The molecule has 124 valence electrons. The fourth-order valence-electron chi connectivity index (χ4n) is 5.42. The standard InChI is InChI=1S/C18H21Cl2NO2/c1-23-15-3-2-13(5-14(15)19)21-16(22)17-6-11-4-12(7-17)9-18(20,8-11)10-17/h2-3,5,11-12H,4,6-10H2,1H3,(H,21,22)/t11-,12-,17?,18?/m1/s1. The molecule has 1 amide bonds. The SMILES string of the molecule is COc1ccc(NC(=O)C23C[C@H]4C[C@@H](CC(Cl)(C4)C2)C3)cc1Cl. The number of carbonyl (C=O) groups is 1. The minimum atomic E-state index is -0.293. The molecular weight excluding hydrogens is 333 g/mol. The van der Waals surface area contributed by atoms with Crippen LogP contribution in [0.4, 0.5) is 5.69 Å². The normalized spacial score (nSPS) is 37.7. The molecule has 4 aliphatic rings. The molecule has 4 aliphatic carbocycles. The van der Waals surface area contributed by atoms with E-state index in [9.17, 15) is 4.79 Å². The smallest absolute Gasteiger partial charge is 0.230 e. The van der Waals surface area contributed by atoms with Crippen molar-refractivity contribution < 1.29 is 9.53 Å². The molecule has 0 unspecified atom stereocenters. The summed E-state index contributed by atoms with van der Waals surface area (Å²) in [5, 5.41) is 3.58. The van der Waals surface area contributed by atoms with E-state index < -0.39 is 0 Å². The molecule has 4 saturated carbocycles. The van der Waals surface area contributed by atoms with Crippen LogP contribution < -0.4 is 10.1 Å². The van der Waals surface area contributed by atoms with Crippen molar-refractivity contribution in [1.82, 2.24) is 0 Å². The number of rotatable bonds is 3. The number of nitrogens with one attached hydrogen (secondary N) is 1. The van der Waals surface area contributed by atoms with Crippen LogP contribution in [0.15, 0.2) is 18.2 Å². The molecule has 4 fully saturated rings. The van der Waals surface area contributed by atoms with Crippen LogP contribution in [0.25, 0.3) is 0 Å². The highest BCUT2D eigenvalue weighted by Crippen LogP contribution is 2.64. The second-order valence-corrected chi connectivity index (χ2v) is 8.90. The first-order chi connectivity index (χ1) is 10.9. The van der Waals surface area contributed by atoms with Crippen molar-refractivity contribution in [1.29, 1.82) is 0 Å². The summed E-state index contributed by atoms with van der Waals surface area (Å²) in [6.07, 6.45) is 6.17. The van der Waals surface area contributed by atoms with Gasteiger partial charge in [0.25, 0.3) is 0 Å². The van der Waals surface area contributed by atoms with E-state index in [-0.39, 0.29) is 16.2 Å². The fraction of sp³-hybridized carbons (Fsp3) is 0.611. The molecule has 0 heterocycles. The number of alkyl halides is 1. The number of carbonyl (C=O) groups excluding carboxylic acids is 1. The van der Waals surface area contributed by atoms with E-state index in [4.69, 9.17) is 27.9 Å². The summed E-state index contributed by atoms with van der Waals surface area (Å²) in [7, 11) is 1.58. The van der Waals surface area contributed by atoms with Crippen LogP contribution in [0.3, 0.4) is 0 Å². The summed E-state index contributed by atoms with van der Waals surface area (Å²) >= 11 is 13.0. The molecule has 0 radical (unpaired) electrons. The van der Waals surface area contributed by atoms with Gasteiger partial charge in [-0.15, -0.1) is 11.6 Å². The number of hydrogen-bond acceptors (Lipinski definition) is 2. The van der Waals surface area contributed by atoms with Gasteiger partial charge in [-0.3, -0.25) is 4.79 Å². The lowest BCUT2D eigenvalue weighted by Gasteiger charge is -2.59. The zero-order valence-corrected chi connectivity index (χ0v) is 14.7. The highest BCUT2D eigenvalue weighted by Gasteiger charge is 2.60. The van der Waals surface area contributed by atoms with Gasteiger partial charge in [0.15, 0.2) is 0 Å². The molecule has 0 aliphatic heterocycles. The first-order valence-corrected chi connectivity index (χ1v) is 9.01. The second-order valence-electron chi connectivity index (χ2n) is 7.70. The van der Waals surface area contributed by atoms with Crippen molar-refractivity contribution in [3.05, 3.63) is 23.2 Å². The molecule has 1 aromatic rings. The topological polar surface area (TPSA) is 38.3 Å². The maximum Gasteiger partial charge on any atom is 0.230 e.